The first-order valence-corrected chi connectivity index (χ1v) is 7.46. The van der Waals surface area contributed by atoms with Crippen LogP contribution in [0.4, 0.5) is 0 Å². The van der Waals surface area contributed by atoms with E-state index in [1.54, 1.807) is 11.5 Å². The van der Waals surface area contributed by atoms with E-state index >= 15 is 0 Å². The summed E-state index contributed by atoms with van der Waals surface area (Å²) < 4.78 is 1.73. The molecule has 6 nitrogen and oxygen atoms in total. The van der Waals surface area contributed by atoms with E-state index in [9.17, 15) is 9.59 Å². The number of aryl methyl sites for hydroxylation is 2. The van der Waals surface area contributed by atoms with E-state index in [-0.39, 0.29) is 11.5 Å². The normalized spacial score (nSPS) is 13.7. The van der Waals surface area contributed by atoms with Crippen LogP contribution in [0.2, 0.25) is 0 Å². The lowest BCUT2D eigenvalue weighted by Gasteiger charge is -2.02. The second-order valence-electron chi connectivity index (χ2n) is 4.87. The smallest absolute Gasteiger partial charge is 0.262 e. The molecular formula is C13H16N4O2S. The van der Waals surface area contributed by atoms with E-state index in [1.165, 1.54) is 11.3 Å². The number of hydrogen-bond donors (Lipinski definition) is 2. The molecule has 0 saturated heterocycles. The Labute approximate surface area is 119 Å². The predicted octanol–water partition coefficient (Wildman–Crippen LogP) is 0.401. The van der Waals surface area contributed by atoms with E-state index in [0.29, 0.717) is 28.2 Å². The summed E-state index contributed by atoms with van der Waals surface area (Å²) in [5.74, 6) is 0.651. The minimum atomic E-state index is -0.180. The third-order valence-corrected chi connectivity index (χ3v) is 4.73. The van der Waals surface area contributed by atoms with Crippen molar-refractivity contribution in [3.05, 3.63) is 26.6 Å². The molecule has 7 heteroatoms. The van der Waals surface area contributed by atoms with Crippen LogP contribution in [0.1, 0.15) is 27.5 Å². The second-order valence-corrected chi connectivity index (χ2v) is 5.87. The molecule has 20 heavy (non-hydrogen) atoms. The molecule has 2 aromatic heterocycles. The lowest BCUT2D eigenvalue weighted by Crippen LogP contribution is -2.28. The summed E-state index contributed by atoms with van der Waals surface area (Å²) in [6.07, 6.45) is 1.79. The van der Waals surface area contributed by atoms with Crippen LogP contribution < -0.4 is 16.6 Å². The van der Waals surface area contributed by atoms with Gasteiger partial charge in [-0.2, -0.15) is 0 Å². The van der Waals surface area contributed by atoms with Crippen molar-refractivity contribution in [2.75, 3.05) is 13.1 Å². The largest absolute Gasteiger partial charge is 0.350 e. The molecule has 1 aliphatic heterocycles. The summed E-state index contributed by atoms with van der Waals surface area (Å²) >= 11 is 1.29. The SMILES string of the molecule is Cc1c(C(=O)NCCN)sc2nc3n(c(=O)c12)CCC3. The van der Waals surface area contributed by atoms with Gasteiger partial charge in [-0.15, -0.1) is 11.3 Å². The molecule has 3 N–H and O–H groups in total. The minimum absolute atomic E-state index is 0.0193. The molecule has 0 fully saturated rings. The van der Waals surface area contributed by atoms with Gasteiger partial charge in [0, 0.05) is 26.1 Å². The first-order valence-electron chi connectivity index (χ1n) is 6.64. The fourth-order valence-corrected chi connectivity index (χ4v) is 3.66. The fraction of sp³-hybridized carbons (Fsp3) is 0.462. The summed E-state index contributed by atoms with van der Waals surface area (Å²) in [4.78, 5) is 30.3. The van der Waals surface area contributed by atoms with Gasteiger partial charge in [0.1, 0.15) is 10.7 Å². The van der Waals surface area contributed by atoms with E-state index in [1.807, 2.05) is 0 Å². The van der Waals surface area contributed by atoms with Gasteiger partial charge in [-0.1, -0.05) is 0 Å². The Morgan fingerprint density at radius 3 is 3.10 bits per heavy atom. The van der Waals surface area contributed by atoms with Crippen molar-refractivity contribution in [3.8, 4) is 0 Å². The minimum Gasteiger partial charge on any atom is -0.350 e. The molecule has 106 valence electrons. The molecule has 0 aromatic carbocycles. The Kier molecular flexibility index (Phi) is 3.31. The molecule has 0 spiro atoms. The van der Waals surface area contributed by atoms with Gasteiger partial charge in [-0.05, 0) is 18.9 Å². The number of amides is 1. The van der Waals surface area contributed by atoms with Gasteiger partial charge >= 0.3 is 0 Å². The molecule has 3 heterocycles. The number of rotatable bonds is 3. The quantitative estimate of drug-likeness (QED) is 0.857. The molecule has 0 unspecified atom stereocenters. The number of thiophene rings is 1. The van der Waals surface area contributed by atoms with Crippen molar-refractivity contribution in [2.24, 2.45) is 5.73 Å². The van der Waals surface area contributed by atoms with Gasteiger partial charge in [0.15, 0.2) is 0 Å². The first kappa shape index (κ1) is 13.3. The monoisotopic (exact) mass is 292 g/mol. The fourth-order valence-electron chi connectivity index (χ4n) is 2.56. The van der Waals surface area contributed by atoms with Crippen molar-refractivity contribution in [2.45, 2.75) is 26.3 Å². The maximum absolute atomic E-state index is 12.5. The van der Waals surface area contributed by atoms with Gasteiger partial charge in [-0.3, -0.25) is 14.2 Å². The number of nitrogens with two attached hydrogens (primary N) is 1. The lowest BCUT2D eigenvalue weighted by molar-refractivity contribution is 0.0958. The van der Waals surface area contributed by atoms with Crippen LogP contribution in [-0.2, 0) is 13.0 Å². The highest BCUT2D eigenvalue weighted by atomic mass is 32.1. The van der Waals surface area contributed by atoms with Crippen LogP contribution in [0.25, 0.3) is 10.2 Å². The molecule has 3 rings (SSSR count). The molecule has 0 bridgehead atoms. The van der Waals surface area contributed by atoms with E-state index in [2.05, 4.69) is 10.3 Å². The summed E-state index contributed by atoms with van der Waals surface area (Å²) in [6, 6.07) is 0. The summed E-state index contributed by atoms with van der Waals surface area (Å²) in [6.45, 7) is 3.35. The summed E-state index contributed by atoms with van der Waals surface area (Å²) in [5, 5.41) is 3.32. The van der Waals surface area contributed by atoms with Crippen LogP contribution >= 0.6 is 11.3 Å². The third-order valence-electron chi connectivity index (χ3n) is 3.55. The van der Waals surface area contributed by atoms with Crippen LogP contribution in [0.3, 0.4) is 0 Å². The highest BCUT2D eigenvalue weighted by molar-refractivity contribution is 7.20. The van der Waals surface area contributed by atoms with Crippen molar-refractivity contribution in [1.29, 1.82) is 0 Å². The first-order chi connectivity index (χ1) is 9.63. The van der Waals surface area contributed by atoms with Crippen molar-refractivity contribution >= 4 is 27.5 Å². The van der Waals surface area contributed by atoms with Gasteiger partial charge in [0.25, 0.3) is 11.5 Å². The van der Waals surface area contributed by atoms with Crippen LogP contribution in [-0.4, -0.2) is 28.5 Å². The van der Waals surface area contributed by atoms with Gasteiger partial charge in [0.05, 0.1) is 10.3 Å². The Morgan fingerprint density at radius 1 is 1.55 bits per heavy atom. The molecule has 0 saturated carbocycles. The predicted molar refractivity (Wildman–Crippen MR) is 78.3 cm³/mol. The Balaban J connectivity index is 2.14. The number of hydrogen-bond acceptors (Lipinski definition) is 5. The topological polar surface area (TPSA) is 90.0 Å². The highest BCUT2D eigenvalue weighted by Gasteiger charge is 2.22. The zero-order valence-electron chi connectivity index (χ0n) is 11.2. The summed E-state index contributed by atoms with van der Waals surface area (Å²) in [5.41, 5.74) is 6.08. The number of fused-ring (bicyclic) bond motifs is 2. The Morgan fingerprint density at radius 2 is 2.35 bits per heavy atom. The molecule has 2 aromatic rings. The molecule has 1 amide bonds. The van der Waals surface area contributed by atoms with Crippen molar-refractivity contribution in [3.63, 3.8) is 0 Å². The maximum atomic E-state index is 12.5. The zero-order valence-corrected chi connectivity index (χ0v) is 12.0. The van der Waals surface area contributed by atoms with E-state index < -0.39 is 0 Å². The molecule has 0 atom stereocenters. The van der Waals surface area contributed by atoms with Crippen LogP contribution in [0.5, 0.6) is 0 Å². The summed E-state index contributed by atoms with van der Waals surface area (Å²) in [7, 11) is 0. The van der Waals surface area contributed by atoms with E-state index in [0.717, 1.165) is 30.8 Å². The molecule has 0 aliphatic carbocycles. The average molecular weight is 292 g/mol. The highest BCUT2D eigenvalue weighted by Crippen LogP contribution is 2.28. The van der Waals surface area contributed by atoms with Crippen LogP contribution in [0, 0.1) is 6.92 Å². The molecule has 1 aliphatic rings. The number of nitrogens with zero attached hydrogens (tertiary/aromatic N) is 2. The molecular weight excluding hydrogens is 276 g/mol. The van der Waals surface area contributed by atoms with Gasteiger partial charge in [0.2, 0.25) is 0 Å². The second kappa shape index (κ2) is 4.99. The lowest BCUT2D eigenvalue weighted by atomic mass is 10.2. The average Bonchev–Trinajstić information content (AvgIpc) is 3.01. The number of carbonyl (C=O) groups excluding carboxylic acids is 1. The Hall–Kier alpha value is -1.73. The van der Waals surface area contributed by atoms with Gasteiger partial charge in [-0.25, -0.2) is 4.98 Å². The number of nitrogens with one attached hydrogen (secondary N) is 1. The maximum Gasteiger partial charge on any atom is 0.262 e. The van der Waals surface area contributed by atoms with Crippen molar-refractivity contribution in [1.82, 2.24) is 14.9 Å². The molecule has 0 radical (unpaired) electrons. The van der Waals surface area contributed by atoms with Crippen molar-refractivity contribution < 1.29 is 4.79 Å². The Bertz CT molecular complexity index is 747. The number of aromatic nitrogens is 2. The standard InChI is InChI=1S/C13H16N4O2S/c1-7-9-12(20-10(7)11(18)15-5-4-14)16-8-3-2-6-17(8)13(9)19/h2-6,14H2,1H3,(H,15,18). The van der Waals surface area contributed by atoms with E-state index in [4.69, 9.17) is 5.73 Å². The van der Waals surface area contributed by atoms with Crippen LogP contribution in [0.15, 0.2) is 4.79 Å². The third kappa shape index (κ3) is 1.94. The van der Waals surface area contributed by atoms with Gasteiger partial charge < -0.3 is 11.1 Å². The zero-order chi connectivity index (χ0) is 14.3. The number of carbonyl (C=O) groups is 1.